The second kappa shape index (κ2) is 11.8. The van der Waals surface area contributed by atoms with Crippen LogP contribution in [-0.4, -0.2) is 32.2 Å². The summed E-state index contributed by atoms with van der Waals surface area (Å²) in [5.41, 5.74) is 11.7. The first kappa shape index (κ1) is 27.8. The quantitative estimate of drug-likeness (QED) is 0.146. The van der Waals surface area contributed by atoms with Gasteiger partial charge in [-0.25, -0.2) is 4.39 Å². The summed E-state index contributed by atoms with van der Waals surface area (Å²) in [6, 6.07) is 24.5. The minimum atomic E-state index is -0.385. The molecule has 0 aliphatic carbocycles. The predicted octanol–water partition coefficient (Wildman–Crippen LogP) is 6.49. The van der Waals surface area contributed by atoms with Crippen LogP contribution in [0.5, 0.6) is 0 Å². The second-order valence-electron chi connectivity index (χ2n) is 9.41. The zero-order valence-electron chi connectivity index (χ0n) is 22.8. The van der Waals surface area contributed by atoms with Crippen molar-refractivity contribution in [2.45, 2.75) is 6.54 Å². The molecule has 0 unspecified atom stereocenters. The molecule has 208 valence electrons. The van der Waals surface area contributed by atoms with E-state index in [9.17, 15) is 14.0 Å². The number of carbonyl (C=O) groups excluding carboxylic acids is 2. The average molecular weight is 569 g/mol. The summed E-state index contributed by atoms with van der Waals surface area (Å²) in [5.74, 6) is -0.669. The normalized spacial score (nSPS) is 10.9. The molecule has 0 radical (unpaired) electrons. The Hall–Kier alpha value is -4.76. The van der Waals surface area contributed by atoms with Crippen molar-refractivity contribution >= 4 is 46.1 Å². The molecule has 4 aromatic carbocycles. The predicted molar refractivity (Wildman–Crippen MR) is 164 cm³/mol. The summed E-state index contributed by atoms with van der Waals surface area (Å²) in [7, 11) is 3.47. The SMILES string of the molecule is CNC(=O)c1c(-c2ccc(F)cc2)oc2cc(N(C)SC)c(-c3ccc(N)c(C(=O)NCc4ccccc4)c3)cc12. The third kappa shape index (κ3) is 5.62. The van der Waals surface area contributed by atoms with Crippen LogP contribution in [0.3, 0.4) is 0 Å². The van der Waals surface area contributed by atoms with Gasteiger partial charge in [0.05, 0.1) is 16.8 Å². The molecule has 0 saturated carbocycles. The van der Waals surface area contributed by atoms with Gasteiger partial charge in [-0.15, -0.1) is 0 Å². The number of hydrogen-bond donors (Lipinski definition) is 3. The van der Waals surface area contributed by atoms with Gasteiger partial charge in [0, 0.05) is 55.2 Å². The number of nitrogens with two attached hydrogens (primary N) is 1. The fraction of sp³-hybridized carbons (Fsp3) is 0.125. The van der Waals surface area contributed by atoms with E-state index < -0.39 is 0 Å². The second-order valence-corrected chi connectivity index (χ2v) is 10.3. The standard InChI is InChI=1S/C32H29FN4O3S/c1-35-32(39)29-25-16-23(21-11-14-26(34)24(15-21)31(38)36-18-19-7-5-4-6-8-19)27(37(2)41-3)17-28(25)40-30(29)20-9-12-22(33)13-10-20/h4-17H,18,34H2,1-3H3,(H,35,39)(H,36,38). The number of benzene rings is 4. The Morgan fingerprint density at radius 2 is 1.66 bits per heavy atom. The van der Waals surface area contributed by atoms with E-state index in [0.29, 0.717) is 45.7 Å². The maximum absolute atomic E-state index is 13.7. The molecular formula is C32H29FN4O3S. The fourth-order valence-corrected chi connectivity index (χ4v) is 5.02. The molecule has 1 aromatic heterocycles. The van der Waals surface area contributed by atoms with Crippen molar-refractivity contribution in [2.75, 3.05) is 30.4 Å². The Bertz CT molecular complexity index is 1740. The summed E-state index contributed by atoms with van der Waals surface area (Å²) in [6.45, 7) is 0.367. The van der Waals surface area contributed by atoms with Gasteiger partial charge in [0.2, 0.25) is 0 Å². The number of hydrogen-bond acceptors (Lipinski definition) is 6. The van der Waals surface area contributed by atoms with Gasteiger partial charge in [0.1, 0.15) is 17.2 Å². The van der Waals surface area contributed by atoms with E-state index in [-0.39, 0.29) is 17.6 Å². The van der Waals surface area contributed by atoms with Gasteiger partial charge in [-0.05, 0) is 53.6 Å². The summed E-state index contributed by atoms with van der Waals surface area (Å²) in [6.07, 6.45) is 1.95. The van der Waals surface area contributed by atoms with E-state index in [1.165, 1.54) is 24.1 Å². The highest BCUT2D eigenvalue weighted by molar-refractivity contribution is 7.99. The van der Waals surface area contributed by atoms with Gasteiger partial charge >= 0.3 is 0 Å². The van der Waals surface area contributed by atoms with Crippen molar-refractivity contribution in [3.8, 4) is 22.5 Å². The highest BCUT2D eigenvalue weighted by Crippen LogP contribution is 2.42. The van der Waals surface area contributed by atoms with Crippen LogP contribution >= 0.6 is 11.9 Å². The molecule has 0 bridgehead atoms. The topological polar surface area (TPSA) is 101 Å². The zero-order chi connectivity index (χ0) is 29.1. The molecule has 0 spiro atoms. The fourth-order valence-electron chi connectivity index (χ4n) is 4.67. The molecule has 4 N–H and O–H groups in total. The van der Waals surface area contributed by atoms with Gasteiger partial charge in [-0.1, -0.05) is 48.3 Å². The number of nitrogens with zero attached hydrogens (tertiary/aromatic N) is 1. The van der Waals surface area contributed by atoms with Gasteiger partial charge in [0.15, 0.2) is 0 Å². The Labute approximate surface area is 241 Å². The first-order valence-corrected chi connectivity index (χ1v) is 14.1. The van der Waals surface area contributed by atoms with Crippen molar-refractivity contribution in [3.63, 3.8) is 0 Å². The maximum atomic E-state index is 13.7. The summed E-state index contributed by atoms with van der Waals surface area (Å²) in [5, 5.41) is 6.22. The first-order valence-electron chi connectivity index (χ1n) is 12.9. The van der Waals surface area contributed by atoms with E-state index in [1.54, 1.807) is 31.3 Å². The van der Waals surface area contributed by atoms with Crippen molar-refractivity contribution in [1.29, 1.82) is 0 Å². The number of fused-ring (bicyclic) bond motifs is 1. The molecule has 0 aliphatic rings. The largest absolute Gasteiger partial charge is 0.455 e. The molecule has 5 rings (SSSR count). The van der Waals surface area contributed by atoms with Gasteiger partial charge < -0.3 is 25.1 Å². The van der Waals surface area contributed by atoms with Gasteiger partial charge in [0.25, 0.3) is 11.8 Å². The van der Waals surface area contributed by atoms with E-state index >= 15 is 0 Å². The van der Waals surface area contributed by atoms with Crippen LogP contribution in [0.4, 0.5) is 15.8 Å². The lowest BCUT2D eigenvalue weighted by molar-refractivity contribution is 0.0948. The Kier molecular flexibility index (Phi) is 7.98. The number of anilines is 2. The highest BCUT2D eigenvalue weighted by atomic mass is 32.2. The van der Waals surface area contributed by atoms with Crippen molar-refractivity contribution in [1.82, 2.24) is 10.6 Å². The van der Waals surface area contributed by atoms with Gasteiger partial charge in [-0.2, -0.15) is 0 Å². The number of furan rings is 1. The van der Waals surface area contributed by atoms with Crippen LogP contribution in [0.25, 0.3) is 33.4 Å². The van der Waals surface area contributed by atoms with E-state index in [2.05, 4.69) is 10.6 Å². The van der Waals surface area contributed by atoms with Crippen LogP contribution < -0.4 is 20.7 Å². The van der Waals surface area contributed by atoms with E-state index in [1.807, 2.05) is 66.1 Å². The molecule has 9 heteroatoms. The number of nitrogens with one attached hydrogen (secondary N) is 2. The van der Waals surface area contributed by atoms with Crippen LogP contribution in [0.1, 0.15) is 26.3 Å². The molecular weight excluding hydrogens is 539 g/mol. The number of rotatable bonds is 8. The summed E-state index contributed by atoms with van der Waals surface area (Å²) in [4.78, 5) is 26.3. The van der Waals surface area contributed by atoms with Crippen molar-refractivity contribution < 1.29 is 18.4 Å². The Morgan fingerprint density at radius 1 is 0.951 bits per heavy atom. The maximum Gasteiger partial charge on any atom is 0.255 e. The Morgan fingerprint density at radius 3 is 2.34 bits per heavy atom. The van der Waals surface area contributed by atoms with Crippen molar-refractivity contribution in [3.05, 3.63) is 107 Å². The minimum absolute atomic E-state index is 0.290. The molecule has 7 nitrogen and oxygen atoms in total. The molecule has 0 aliphatic heterocycles. The van der Waals surface area contributed by atoms with Crippen LogP contribution in [0.15, 0.2) is 89.3 Å². The van der Waals surface area contributed by atoms with E-state index in [0.717, 1.165) is 22.4 Å². The zero-order valence-corrected chi connectivity index (χ0v) is 23.6. The molecule has 1 heterocycles. The molecule has 0 saturated heterocycles. The van der Waals surface area contributed by atoms with Crippen molar-refractivity contribution in [2.24, 2.45) is 0 Å². The number of carbonyl (C=O) groups is 2. The molecule has 0 fully saturated rings. The minimum Gasteiger partial charge on any atom is -0.455 e. The van der Waals surface area contributed by atoms with Crippen LogP contribution in [-0.2, 0) is 6.54 Å². The third-order valence-electron chi connectivity index (χ3n) is 6.88. The first-order chi connectivity index (χ1) is 19.8. The smallest absolute Gasteiger partial charge is 0.255 e. The lowest BCUT2D eigenvalue weighted by Crippen LogP contribution is -2.23. The van der Waals surface area contributed by atoms with Crippen LogP contribution in [0, 0.1) is 5.82 Å². The number of amides is 2. The van der Waals surface area contributed by atoms with Gasteiger partial charge in [-0.3, -0.25) is 9.59 Å². The molecule has 41 heavy (non-hydrogen) atoms. The third-order valence-corrected chi connectivity index (χ3v) is 7.63. The number of halogens is 1. The molecule has 5 aromatic rings. The molecule has 0 atom stereocenters. The molecule has 2 amide bonds. The van der Waals surface area contributed by atoms with Crippen LogP contribution in [0.2, 0.25) is 0 Å². The summed E-state index contributed by atoms with van der Waals surface area (Å²) >= 11 is 1.50. The number of nitrogen functional groups attached to an aromatic ring is 1. The Balaban J connectivity index is 1.64. The van der Waals surface area contributed by atoms with E-state index in [4.69, 9.17) is 10.2 Å². The monoisotopic (exact) mass is 568 g/mol. The lowest BCUT2D eigenvalue weighted by Gasteiger charge is -2.20. The summed E-state index contributed by atoms with van der Waals surface area (Å²) < 4.78 is 21.8. The lowest BCUT2D eigenvalue weighted by atomic mass is 9.96. The average Bonchev–Trinajstić information content (AvgIpc) is 3.38. The highest BCUT2D eigenvalue weighted by Gasteiger charge is 2.25.